The van der Waals surface area contributed by atoms with Crippen LogP contribution in [0.25, 0.3) is 0 Å². The maximum atomic E-state index is 11.2. The first-order valence-electron chi connectivity index (χ1n) is 5.63. The highest BCUT2D eigenvalue weighted by molar-refractivity contribution is 5.67. The van der Waals surface area contributed by atoms with E-state index in [0.717, 1.165) is 25.0 Å². The molecule has 0 bridgehead atoms. The Kier molecular flexibility index (Phi) is 5.99. The van der Waals surface area contributed by atoms with Crippen molar-refractivity contribution in [1.29, 1.82) is 0 Å². The summed E-state index contributed by atoms with van der Waals surface area (Å²) in [5, 5.41) is 2.69. The van der Waals surface area contributed by atoms with Gasteiger partial charge in [0.15, 0.2) is 0 Å². The summed E-state index contributed by atoms with van der Waals surface area (Å²) in [7, 11) is 0. The van der Waals surface area contributed by atoms with Crippen molar-refractivity contribution in [2.45, 2.75) is 26.2 Å². The molecular weight excluding hydrogens is 204 g/mol. The van der Waals surface area contributed by atoms with Crippen molar-refractivity contribution >= 4 is 6.09 Å². The summed E-state index contributed by atoms with van der Waals surface area (Å²) in [6, 6.07) is 5.74. The summed E-state index contributed by atoms with van der Waals surface area (Å²) in [4.78, 5) is 15.3. The zero-order valence-electron chi connectivity index (χ0n) is 9.61. The predicted octanol–water partition coefficient (Wildman–Crippen LogP) is 2.15. The van der Waals surface area contributed by atoms with Crippen LogP contribution in [0, 0.1) is 0 Å². The average Bonchev–Trinajstić information content (AvgIpc) is 2.31. The summed E-state index contributed by atoms with van der Waals surface area (Å²) >= 11 is 0. The van der Waals surface area contributed by atoms with Crippen molar-refractivity contribution in [2.24, 2.45) is 0 Å². The highest BCUT2D eigenvalue weighted by Gasteiger charge is 2.00. The Labute approximate surface area is 96.0 Å². The van der Waals surface area contributed by atoms with E-state index in [2.05, 4.69) is 17.2 Å². The zero-order chi connectivity index (χ0) is 11.6. The van der Waals surface area contributed by atoms with E-state index < -0.39 is 0 Å². The van der Waals surface area contributed by atoms with E-state index in [0.29, 0.717) is 13.2 Å². The van der Waals surface area contributed by atoms with Crippen LogP contribution in [0.15, 0.2) is 24.4 Å². The molecule has 1 aromatic rings. The lowest BCUT2D eigenvalue weighted by Crippen LogP contribution is -2.26. The molecular formula is C12H18N2O2. The Morgan fingerprint density at radius 2 is 2.38 bits per heavy atom. The molecule has 0 atom stereocenters. The topological polar surface area (TPSA) is 51.2 Å². The Bertz CT molecular complexity index is 301. The number of pyridine rings is 1. The first-order chi connectivity index (χ1) is 7.83. The lowest BCUT2D eigenvalue weighted by atomic mass is 10.3. The molecule has 1 N–H and O–H groups in total. The molecule has 0 saturated carbocycles. The number of hydrogen-bond acceptors (Lipinski definition) is 3. The van der Waals surface area contributed by atoms with Crippen LogP contribution in [0.1, 0.15) is 25.5 Å². The molecule has 1 aromatic heterocycles. The molecule has 0 radical (unpaired) electrons. The van der Waals surface area contributed by atoms with E-state index in [9.17, 15) is 4.79 Å². The third-order valence-electron chi connectivity index (χ3n) is 2.11. The fourth-order valence-corrected chi connectivity index (χ4v) is 1.20. The Hall–Kier alpha value is -1.58. The normalized spacial score (nSPS) is 9.81. The van der Waals surface area contributed by atoms with Crippen molar-refractivity contribution in [3.8, 4) is 0 Å². The minimum atomic E-state index is -0.343. The maximum absolute atomic E-state index is 11.2. The van der Waals surface area contributed by atoms with Crippen LogP contribution in [0.5, 0.6) is 0 Å². The third-order valence-corrected chi connectivity index (χ3v) is 2.11. The number of alkyl carbamates (subject to hydrolysis) is 1. The van der Waals surface area contributed by atoms with Gasteiger partial charge in [-0.15, -0.1) is 0 Å². The molecule has 4 nitrogen and oxygen atoms in total. The van der Waals surface area contributed by atoms with Gasteiger partial charge in [-0.05, 0) is 18.6 Å². The summed E-state index contributed by atoms with van der Waals surface area (Å²) in [5.41, 5.74) is 0.969. The van der Waals surface area contributed by atoms with E-state index in [4.69, 9.17) is 4.74 Å². The number of hydrogen-bond donors (Lipinski definition) is 1. The zero-order valence-corrected chi connectivity index (χ0v) is 9.61. The Balaban J connectivity index is 2.09. The number of rotatable bonds is 6. The lowest BCUT2D eigenvalue weighted by molar-refractivity contribution is 0.144. The Morgan fingerprint density at radius 3 is 3.06 bits per heavy atom. The van der Waals surface area contributed by atoms with Gasteiger partial charge in [-0.1, -0.05) is 19.4 Å². The van der Waals surface area contributed by atoms with Crippen molar-refractivity contribution in [2.75, 3.05) is 13.2 Å². The van der Waals surface area contributed by atoms with Gasteiger partial charge in [0.2, 0.25) is 0 Å². The molecule has 4 heteroatoms. The van der Waals surface area contributed by atoms with Gasteiger partial charge in [0.1, 0.15) is 0 Å². The van der Waals surface area contributed by atoms with Gasteiger partial charge in [-0.2, -0.15) is 0 Å². The van der Waals surface area contributed by atoms with Crippen LogP contribution in [0.3, 0.4) is 0 Å². The van der Waals surface area contributed by atoms with E-state index in [1.54, 1.807) is 6.20 Å². The fraction of sp³-hybridized carbons (Fsp3) is 0.500. The van der Waals surface area contributed by atoms with Crippen LogP contribution in [0.4, 0.5) is 4.79 Å². The Morgan fingerprint density at radius 1 is 1.50 bits per heavy atom. The predicted molar refractivity (Wildman–Crippen MR) is 62.2 cm³/mol. The highest BCUT2D eigenvalue weighted by atomic mass is 16.5. The minimum Gasteiger partial charge on any atom is -0.450 e. The molecule has 0 aliphatic heterocycles. The summed E-state index contributed by atoms with van der Waals surface area (Å²) in [6.45, 7) is 3.11. The second kappa shape index (κ2) is 7.68. The molecule has 0 saturated heterocycles. The SMILES string of the molecule is CCCCOC(=O)NCCc1ccccn1. The van der Waals surface area contributed by atoms with Gasteiger partial charge in [0, 0.05) is 24.9 Å². The third kappa shape index (κ3) is 5.34. The van der Waals surface area contributed by atoms with Gasteiger partial charge in [0.05, 0.1) is 6.61 Å². The highest BCUT2D eigenvalue weighted by Crippen LogP contribution is 1.93. The van der Waals surface area contributed by atoms with Gasteiger partial charge in [-0.3, -0.25) is 4.98 Å². The van der Waals surface area contributed by atoms with Gasteiger partial charge in [-0.25, -0.2) is 4.79 Å². The monoisotopic (exact) mass is 222 g/mol. The number of aromatic nitrogens is 1. The molecule has 0 aliphatic carbocycles. The van der Waals surface area contributed by atoms with Gasteiger partial charge < -0.3 is 10.1 Å². The lowest BCUT2D eigenvalue weighted by Gasteiger charge is -2.05. The molecule has 1 rings (SSSR count). The number of nitrogens with one attached hydrogen (secondary N) is 1. The fourth-order valence-electron chi connectivity index (χ4n) is 1.20. The number of nitrogens with zero attached hydrogens (tertiary/aromatic N) is 1. The number of unbranched alkanes of at least 4 members (excludes halogenated alkanes) is 1. The molecule has 88 valence electrons. The van der Waals surface area contributed by atoms with Crippen LogP contribution >= 0.6 is 0 Å². The molecule has 0 unspecified atom stereocenters. The van der Waals surface area contributed by atoms with Gasteiger partial charge >= 0.3 is 6.09 Å². The standard InChI is InChI=1S/C12H18N2O2/c1-2-3-10-16-12(15)14-9-7-11-6-4-5-8-13-11/h4-6,8H,2-3,7,9-10H2,1H3,(H,14,15). The van der Waals surface area contributed by atoms with Crippen molar-refractivity contribution in [1.82, 2.24) is 10.3 Å². The molecule has 1 heterocycles. The number of ether oxygens (including phenoxy) is 1. The van der Waals surface area contributed by atoms with Crippen LogP contribution in [-0.2, 0) is 11.2 Å². The second-order valence-corrected chi connectivity index (χ2v) is 3.49. The van der Waals surface area contributed by atoms with Crippen LogP contribution in [-0.4, -0.2) is 24.2 Å². The van der Waals surface area contributed by atoms with E-state index in [1.165, 1.54) is 0 Å². The van der Waals surface area contributed by atoms with E-state index >= 15 is 0 Å². The maximum Gasteiger partial charge on any atom is 0.407 e. The number of carbonyl (C=O) groups is 1. The summed E-state index contributed by atoms with van der Waals surface area (Å²) in [6.07, 6.45) is 4.07. The van der Waals surface area contributed by atoms with Gasteiger partial charge in [0.25, 0.3) is 0 Å². The first-order valence-corrected chi connectivity index (χ1v) is 5.63. The average molecular weight is 222 g/mol. The molecule has 0 aromatic carbocycles. The minimum absolute atomic E-state index is 0.343. The van der Waals surface area contributed by atoms with Crippen LogP contribution in [0.2, 0.25) is 0 Å². The van der Waals surface area contributed by atoms with Crippen molar-refractivity contribution < 1.29 is 9.53 Å². The molecule has 0 fully saturated rings. The molecule has 1 amide bonds. The number of amides is 1. The summed E-state index contributed by atoms with van der Waals surface area (Å²) < 4.78 is 4.95. The van der Waals surface area contributed by atoms with Crippen molar-refractivity contribution in [3.63, 3.8) is 0 Å². The molecule has 0 aliphatic rings. The smallest absolute Gasteiger partial charge is 0.407 e. The van der Waals surface area contributed by atoms with Crippen molar-refractivity contribution in [3.05, 3.63) is 30.1 Å². The van der Waals surface area contributed by atoms with E-state index in [1.807, 2.05) is 18.2 Å². The van der Waals surface area contributed by atoms with Crippen LogP contribution < -0.4 is 5.32 Å². The molecule has 0 spiro atoms. The largest absolute Gasteiger partial charge is 0.450 e. The molecule has 16 heavy (non-hydrogen) atoms. The summed E-state index contributed by atoms with van der Waals surface area (Å²) in [5.74, 6) is 0. The second-order valence-electron chi connectivity index (χ2n) is 3.49. The quantitative estimate of drug-likeness (QED) is 0.750. The first kappa shape index (κ1) is 12.5. The number of carbonyl (C=O) groups excluding carboxylic acids is 1. The van der Waals surface area contributed by atoms with E-state index in [-0.39, 0.29) is 6.09 Å².